The van der Waals surface area contributed by atoms with Crippen LogP contribution in [0.4, 0.5) is 0 Å². The molecule has 0 spiro atoms. The molecule has 0 N–H and O–H groups in total. The molecule has 0 saturated heterocycles. The molecule has 0 bridgehead atoms. The van der Waals surface area contributed by atoms with Gasteiger partial charge in [0.2, 0.25) is 0 Å². The van der Waals surface area contributed by atoms with Gasteiger partial charge in [0, 0.05) is 22.4 Å². The van der Waals surface area contributed by atoms with Crippen LogP contribution >= 0.6 is 23.2 Å². The van der Waals surface area contributed by atoms with Crippen molar-refractivity contribution in [1.29, 1.82) is 10.5 Å². The zero-order chi connectivity index (χ0) is 16.4. The van der Waals surface area contributed by atoms with E-state index in [1.54, 1.807) is 0 Å². The Labute approximate surface area is 146 Å². The summed E-state index contributed by atoms with van der Waals surface area (Å²) in [6.45, 7) is 0. The molecule has 116 valence electrons. The van der Waals surface area contributed by atoms with E-state index in [-0.39, 0.29) is 11.8 Å². The maximum atomic E-state index is 9.67. The van der Waals surface area contributed by atoms with Crippen molar-refractivity contribution < 1.29 is 0 Å². The van der Waals surface area contributed by atoms with Gasteiger partial charge in [-0.25, -0.2) is 0 Å². The molecular weight excluding hydrogens is 327 g/mol. The zero-order valence-electron chi connectivity index (χ0n) is 12.6. The van der Waals surface area contributed by atoms with E-state index in [4.69, 9.17) is 23.2 Å². The third-order valence-electron chi connectivity index (χ3n) is 4.89. The third-order valence-corrected chi connectivity index (χ3v) is 5.55. The SMILES string of the molecule is N#CC1(C#N)CC=CC(c2c(Cl)cccc2Cl)C2CCCC=C21. The van der Waals surface area contributed by atoms with E-state index in [1.165, 1.54) is 0 Å². The number of fused-ring (bicyclic) bond motifs is 1. The lowest BCUT2D eigenvalue weighted by Gasteiger charge is -2.34. The number of rotatable bonds is 1. The van der Waals surface area contributed by atoms with Crippen molar-refractivity contribution in [2.75, 3.05) is 0 Å². The van der Waals surface area contributed by atoms with Gasteiger partial charge in [0.15, 0.2) is 5.41 Å². The van der Waals surface area contributed by atoms with Crippen molar-refractivity contribution in [3.05, 3.63) is 57.6 Å². The van der Waals surface area contributed by atoms with Gasteiger partial charge in [-0.1, -0.05) is 47.5 Å². The summed E-state index contributed by atoms with van der Waals surface area (Å²) in [4.78, 5) is 0. The minimum atomic E-state index is -1.07. The Morgan fingerprint density at radius 1 is 1.13 bits per heavy atom. The van der Waals surface area contributed by atoms with Gasteiger partial charge < -0.3 is 0 Å². The Kier molecular flexibility index (Phi) is 4.49. The second-order valence-electron chi connectivity index (χ2n) is 6.12. The van der Waals surface area contributed by atoms with Gasteiger partial charge in [0.05, 0.1) is 12.1 Å². The predicted octanol–water partition coefficient (Wildman–Crippen LogP) is 5.80. The first-order valence-electron chi connectivity index (χ1n) is 7.76. The molecule has 0 fully saturated rings. The fraction of sp³-hybridized carbons (Fsp3) is 0.368. The lowest BCUT2D eigenvalue weighted by Crippen LogP contribution is -2.27. The van der Waals surface area contributed by atoms with Crippen LogP contribution in [0.1, 0.15) is 37.2 Å². The molecule has 2 nitrogen and oxygen atoms in total. The molecule has 2 atom stereocenters. The Bertz CT molecular complexity index is 730. The molecule has 0 radical (unpaired) electrons. The molecule has 0 heterocycles. The quantitative estimate of drug-likeness (QED) is 0.605. The van der Waals surface area contributed by atoms with E-state index in [1.807, 2.05) is 24.3 Å². The molecular formula is C19H16Cl2N2. The van der Waals surface area contributed by atoms with Gasteiger partial charge in [-0.2, -0.15) is 10.5 Å². The van der Waals surface area contributed by atoms with Crippen LogP contribution in [0.2, 0.25) is 10.0 Å². The average Bonchev–Trinajstić information content (AvgIpc) is 2.73. The van der Waals surface area contributed by atoms with Crippen molar-refractivity contribution in [3.8, 4) is 12.1 Å². The fourth-order valence-electron chi connectivity index (χ4n) is 3.78. The number of nitriles is 2. The second kappa shape index (κ2) is 6.40. The summed E-state index contributed by atoms with van der Waals surface area (Å²) < 4.78 is 0. The molecule has 2 unspecified atom stereocenters. The molecule has 3 rings (SSSR count). The topological polar surface area (TPSA) is 47.6 Å². The van der Waals surface area contributed by atoms with Crippen molar-refractivity contribution in [3.63, 3.8) is 0 Å². The maximum absolute atomic E-state index is 9.67. The molecule has 2 aliphatic carbocycles. The standard InChI is InChI=1S/C19H16Cl2N2/c20-16-8-3-9-17(21)18(16)14-6-4-10-19(11-22,12-23)15-7-2-1-5-13(14)15/h3-4,6-9,13-14H,1-2,5,10H2. The molecule has 23 heavy (non-hydrogen) atoms. The van der Waals surface area contributed by atoms with E-state index < -0.39 is 5.41 Å². The van der Waals surface area contributed by atoms with Gasteiger partial charge in [-0.3, -0.25) is 0 Å². The Morgan fingerprint density at radius 3 is 2.48 bits per heavy atom. The highest BCUT2D eigenvalue weighted by Crippen LogP contribution is 2.51. The third kappa shape index (κ3) is 2.67. The Hall–Kier alpha value is -1.74. The minimum absolute atomic E-state index is 0.00586. The van der Waals surface area contributed by atoms with Crippen LogP contribution in [0.15, 0.2) is 42.0 Å². The van der Waals surface area contributed by atoms with Crippen LogP contribution < -0.4 is 0 Å². The number of nitrogens with zero attached hydrogens (tertiary/aromatic N) is 2. The second-order valence-corrected chi connectivity index (χ2v) is 6.93. The summed E-state index contributed by atoms with van der Waals surface area (Å²) in [6.07, 6.45) is 9.43. The number of allylic oxidation sites excluding steroid dienone is 4. The monoisotopic (exact) mass is 342 g/mol. The predicted molar refractivity (Wildman–Crippen MR) is 92.0 cm³/mol. The highest BCUT2D eigenvalue weighted by atomic mass is 35.5. The summed E-state index contributed by atoms with van der Waals surface area (Å²) in [7, 11) is 0. The highest BCUT2D eigenvalue weighted by Gasteiger charge is 2.43. The molecule has 2 aliphatic rings. The van der Waals surface area contributed by atoms with Gasteiger partial charge >= 0.3 is 0 Å². The molecule has 0 saturated carbocycles. The zero-order valence-corrected chi connectivity index (χ0v) is 14.1. The molecule has 0 aromatic heterocycles. The van der Waals surface area contributed by atoms with Crippen LogP contribution in [0.3, 0.4) is 0 Å². The molecule has 1 aromatic carbocycles. The van der Waals surface area contributed by atoms with Crippen molar-refractivity contribution >= 4 is 23.2 Å². The van der Waals surface area contributed by atoms with E-state index in [9.17, 15) is 10.5 Å². The van der Waals surface area contributed by atoms with E-state index in [2.05, 4.69) is 24.3 Å². The first-order chi connectivity index (χ1) is 11.1. The van der Waals surface area contributed by atoms with Crippen LogP contribution in [0.25, 0.3) is 0 Å². The lowest BCUT2D eigenvalue weighted by molar-refractivity contribution is 0.416. The molecule has 0 amide bonds. The van der Waals surface area contributed by atoms with Crippen molar-refractivity contribution in [1.82, 2.24) is 0 Å². The lowest BCUT2D eigenvalue weighted by atomic mass is 9.67. The summed E-state index contributed by atoms with van der Waals surface area (Å²) in [5, 5.41) is 20.6. The first-order valence-corrected chi connectivity index (χ1v) is 8.52. The maximum Gasteiger partial charge on any atom is 0.168 e. The summed E-state index contributed by atoms with van der Waals surface area (Å²) in [5.41, 5.74) is 0.778. The number of halogens is 2. The van der Waals surface area contributed by atoms with E-state index >= 15 is 0 Å². The van der Waals surface area contributed by atoms with Crippen LogP contribution in [0, 0.1) is 34.0 Å². The van der Waals surface area contributed by atoms with E-state index in [0.29, 0.717) is 16.5 Å². The molecule has 4 heteroatoms. The van der Waals surface area contributed by atoms with Gasteiger partial charge in [-0.05, 0) is 48.4 Å². The van der Waals surface area contributed by atoms with Gasteiger partial charge in [0.25, 0.3) is 0 Å². The molecule has 1 aromatic rings. The number of hydrogen-bond donors (Lipinski definition) is 0. The van der Waals surface area contributed by atoms with Crippen molar-refractivity contribution in [2.24, 2.45) is 11.3 Å². The number of hydrogen-bond acceptors (Lipinski definition) is 2. The number of benzene rings is 1. The fourth-order valence-corrected chi connectivity index (χ4v) is 4.43. The van der Waals surface area contributed by atoms with Crippen LogP contribution in [-0.4, -0.2) is 0 Å². The summed E-state index contributed by atoms with van der Waals surface area (Å²) in [6, 6.07) is 10.0. The smallest absolute Gasteiger partial charge is 0.168 e. The van der Waals surface area contributed by atoms with Gasteiger partial charge in [0.1, 0.15) is 0 Å². The van der Waals surface area contributed by atoms with Crippen LogP contribution in [0.5, 0.6) is 0 Å². The highest BCUT2D eigenvalue weighted by molar-refractivity contribution is 6.36. The normalized spacial score (nSPS) is 25.5. The van der Waals surface area contributed by atoms with Crippen molar-refractivity contribution in [2.45, 2.75) is 31.6 Å². The largest absolute Gasteiger partial charge is 0.196 e. The summed E-state index contributed by atoms with van der Waals surface area (Å²) >= 11 is 12.8. The Morgan fingerprint density at radius 2 is 1.83 bits per heavy atom. The minimum Gasteiger partial charge on any atom is -0.196 e. The van der Waals surface area contributed by atoms with Crippen LogP contribution in [-0.2, 0) is 0 Å². The molecule has 0 aliphatic heterocycles. The van der Waals surface area contributed by atoms with E-state index in [0.717, 1.165) is 30.4 Å². The summed E-state index contributed by atoms with van der Waals surface area (Å²) in [5.74, 6) is 0.102. The van der Waals surface area contributed by atoms with Gasteiger partial charge in [-0.15, -0.1) is 0 Å². The first kappa shape index (κ1) is 16.1. The Balaban J connectivity index is 2.15. The average molecular weight is 343 g/mol.